The van der Waals surface area contributed by atoms with Gasteiger partial charge in [-0.05, 0) is 31.2 Å². The molecule has 2 rings (SSSR count). The molecular formula is C16H22N2O3. The molecule has 1 atom stereocenters. The molecule has 5 nitrogen and oxygen atoms in total. The van der Waals surface area contributed by atoms with E-state index >= 15 is 0 Å². The Morgan fingerprint density at radius 1 is 1.19 bits per heavy atom. The van der Waals surface area contributed by atoms with Crippen molar-refractivity contribution >= 4 is 11.8 Å². The summed E-state index contributed by atoms with van der Waals surface area (Å²) in [6, 6.07) is 7.19. The molecule has 0 spiro atoms. The number of hydrogen-bond donors (Lipinski definition) is 3. The minimum absolute atomic E-state index is 0.102. The molecule has 2 amide bonds. The lowest BCUT2D eigenvalue weighted by molar-refractivity contribution is -0.136. The standard InChI is InChI=1S/C16H22N2O3/c1-10(2)13(14(19)18-21)17-15(20)16(8-9-16)12-6-4-11(3)5-7-12/h4-7,10,13,21H,8-9H2,1-3H3,(H,17,20)(H,18,19)/t13-/m1/s1. The highest BCUT2D eigenvalue weighted by molar-refractivity contribution is 5.95. The molecule has 1 aromatic rings. The molecule has 0 unspecified atom stereocenters. The van der Waals surface area contributed by atoms with E-state index < -0.39 is 17.4 Å². The van der Waals surface area contributed by atoms with Gasteiger partial charge in [-0.25, -0.2) is 5.48 Å². The smallest absolute Gasteiger partial charge is 0.266 e. The number of carbonyl (C=O) groups excluding carboxylic acids is 2. The lowest BCUT2D eigenvalue weighted by Crippen LogP contribution is -2.51. The predicted octanol–water partition coefficient (Wildman–Crippen LogP) is 1.67. The Morgan fingerprint density at radius 3 is 2.19 bits per heavy atom. The van der Waals surface area contributed by atoms with Crippen LogP contribution in [0.5, 0.6) is 0 Å². The zero-order valence-corrected chi connectivity index (χ0v) is 12.6. The fourth-order valence-electron chi connectivity index (χ4n) is 2.53. The van der Waals surface area contributed by atoms with Gasteiger partial charge in [-0.15, -0.1) is 0 Å². The van der Waals surface area contributed by atoms with Crippen molar-refractivity contribution in [2.75, 3.05) is 0 Å². The monoisotopic (exact) mass is 290 g/mol. The second kappa shape index (κ2) is 5.85. The Hall–Kier alpha value is -1.88. The van der Waals surface area contributed by atoms with Gasteiger partial charge in [-0.1, -0.05) is 43.7 Å². The van der Waals surface area contributed by atoms with Crippen molar-refractivity contribution in [1.82, 2.24) is 10.8 Å². The van der Waals surface area contributed by atoms with Crippen LogP contribution in [0.4, 0.5) is 0 Å². The number of hydroxylamine groups is 1. The molecule has 0 bridgehead atoms. The Balaban J connectivity index is 2.15. The number of benzene rings is 1. The predicted molar refractivity (Wildman–Crippen MR) is 78.8 cm³/mol. The molecule has 0 radical (unpaired) electrons. The first-order valence-corrected chi connectivity index (χ1v) is 7.23. The molecule has 1 saturated carbocycles. The summed E-state index contributed by atoms with van der Waals surface area (Å²) >= 11 is 0. The lowest BCUT2D eigenvalue weighted by Gasteiger charge is -2.24. The third-order valence-electron chi connectivity index (χ3n) is 4.13. The van der Waals surface area contributed by atoms with Crippen LogP contribution in [0.15, 0.2) is 24.3 Å². The highest BCUT2D eigenvalue weighted by Crippen LogP contribution is 2.48. The van der Waals surface area contributed by atoms with E-state index in [1.165, 1.54) is 0 Å². The van der Waals surface area contributed by atoms with Crippen LogP contribution in [-0.4, -0.2) is 23.1 Å². The maximum Gasteiger partial charge on any atom is 0.266 e. The highest BCUT2D eigenvalue weighted by Gasteiger charge is 2.52. The molecule has 0 aromatic heterocycles. The van der Waals surface area contributed by atoms with Gasteiger partial charge in [0.15, 0.2) is 0 Å². The summed E-state index contributed by atoms with van der Waals surface area (Å²) in [5.41, 5.74) is 3.23. The molecule has 1 fully saturated rings. The number of nitrogens with one attached hydrogen (secondary N) is 2. The van der Waals surface area contributed by atoms with E-state index in [9.17, 15) is 9.59 Å². The SMILES string of the molecule is Cc1ccc(C2(C(=O)N[C@@H](C(=O)NO)C(C)C)CC2)cc1. The normalized spacial score (nSPS) is 17.2. The molecule has 21 heavy (non-hydrogen) atoms. The fraction of sp³-hybridized carbons (Fsp3) is 0.500. The quantitative estimate of drug-likeness (QED) is 0.570. The van der Waals surface area contributed by atoms with Gasteiger partial charge in [-0.3, -0.25) is 14.8 Å². The van der Waals surface area contributed by atoms with Crippen molar-refractivity contribution in [3.63, 3.8) is 0 Å². The summed E-state index contributed by atoms with van der Waals surface area (Å²) in [7, 11) is 0. The summed E-state index contributed by atoms with van der Waals surface area (Å²) in [5, 5.41) is 11.6. The summed E-state index contributed by atoms with van der Waals surface area (Å²) < 4.78 is 0. The van der Waals surface area contributed by atoms with Crippen molar-refractivity contribution < 1.29 is 14.8 Å². The largest absolute Gasteiger partial charge is 0.343 e. The van der Waals surface area contributed by atoms with E-state index in [1.54, 1.807) is 5.48 Å². The molecule has 3 N–H and O–H groups in total. The highest BCUT2D eigenvalue weighted by atomic mass is 16.5. The molecule has 1 aromatic carbocycles. The number of carbonyl (C=O) groups is 2. The van der Waals surface area contributed by atoms with Gasteiger partial charge in [-0.2, -0.15) is 0 Å². The van der Waals surface area contributed by atoms with Crippen LogP contribution >= 0.6 is 0 Å². The van der Waals surface area contributed by atoms with E-state index in [-0.39, 0.29) is 11.8 Å². The minimum Gasteiger partial charge on any atom is -0.343 e. The second-order valence-electron chi connectivity index (χ2n) is 6.12. The Kier molecular flexibility index (Phi) is 4.32. The van der Waals surface area contributed by atoms with Crippen molar-refractivity contribution in [2.45, 2.75) is 45.1 Å². The topological polar surface area (TPSA) is 78.4 Å². The zero-order valence-electron chi connectivity index (χ0n) is 12.6. The van der Waals surface area contributed by atoms with Crippen LogP contribution in [0, 0.1) is 12.8 Å². The number of hydrogen-bond acceptors (Lipinski definition) is 3. The van der Waals surface area contributed by atoms with Crippen LogP contribution in [0.3, 0.4) is 0 Å². The molecule has 0 heterocycles. The van der Waals surface area contributed by atoms with Gasteiger partial charge in [0.2, 0.25) is 5.91 Å². The lowest BCUT2D eigenvalue weighted by atomic mass is 9.93. The maximum atomic E-state index is 12.6. The zero-order chi connectivity index (χ0) is 15.6. The minimum atomic E-state index is -0.731. The van der Waals surface area contributed by atoms with E-state index in [0.29, 0.717) is 0 Å². The average Bonchev–Trinajstić information content (AvgIpc) is 3.25. The second-order valence-corrected chi connectivity index (χ2v) is 6.12. The van der Waals surface area contributed by atoms with Crippen LogP contribution in [-0.2, 0) is 15.0 Å². The Bertz CT molecular complexity index is 533. The van der Waals surface area contributed by atoms with Crippen molar-refractivity contribution in [3.8, 4) is 0 Å². The van der Waals surface area contributed by atoms with Gasteiger partial charge in [0, 0.05) is 0 Å². The Morgan fingerprint density at radius 2 is 1.76 bits per heavy atom. The summed E-state index contributed by atoms with van der Waals surface area (Å²) in [5.74, 6) is -0.832. The molecule has 114 valence electrons. The first-order chi connectivity index (χ1) is 9.90. The van der Waals surface area contributed by atoms with Crippen LogP contribution in [0.1, 0.15) is 37.8 Å². The molecule has 1 aliphatic rings. The van der Waals surface area contributed by atoms with Crippen molar-refractivity contribution in [3.05, 3.63) is 35.4 Å². The number of amides is 2. The molecule has 0 aliphatic heterocycles. The van der Waals surface area contributed by atoms with Crippen molar-refractivity contribution in [2.24, 2.45) is 5.92 Å². The third-order valence-corrected chi connectivity index (χ3v) is 4.13. The molecular weight excluding hydrogens is 268 g/mol. The Labute approximate surface area is 124 Å². The number of rotatable bonds is 5. The van der Waals surface area contributed by atoms with Gasteiger partial charge < -0.3 is 5.32 Å². The average molecular weight is 290 g/mol. The fourth-order valence-corrected chi connectivity index (χ4v) is 2.53. The summed E-state index contributed by atoms with van der Waals surface area (Å²) in [4.78, 5) is 24.2. The summed E-state index contributed by atoms with van der Waals surface area (Å²) in [6.07, 6.45) is 1.57. The van der Waals surface area contributed by atoms with Gasteiger partial charge in [0.05, 0.1) is 5.41 Å². The van der Waals surface area contributed by atoms with Crippen LogP contribution < -0.4 is 10.8 Å². The third kappa shape index (κ3) is 3.08. The van der Waals surface area contributed by atoms with Crippen molar-refractivity contribution in [1.29, 1.82) is 0 Å². The molecule has 5 heteroatoms. The maximum absolute atomic E-state index is 12.6. The molecule has 1 aliphatic carbocycles. The number of aryl methyl sites for hydroxylation is 1. The van der Waals surface area contributed by atoms with Gasteiger partial charge in [0.1, 0.15) is 6.04 Å². The summed E-state index contributed by atoms with van der Waals surface area (Å²) in [6.45, 7) is 5.65. The van der Waals surface area contributed by atoms with Gasteiger partial charge in [0.25, 0.3) is 5.91 Å². The first kappa shape index (κ1) is 15.5. The van der Waals surface area contributed by atoms with Gasteiger partial charge >= 0.3 is 0 Å². The van der Waals surface area contributed by atoms with E-state index in [4.69, 9.17) is 5.21 Å². The van der Waals surface area contributed by atoms with E-state index in [1.807, 2.05) is 45.0 Å². The van der Waals surface area contributed by atoms with Crippen LogP contribution in [0.25, 0.3) is 0 Å². The first-order valence-electron chi connectivity index (χ1n) is 7.23. The van der Waals surface area contributed by atoms with E-state index in [2.05, 4.69) is 5.32 Å². The van der Waals surface area contributed by atoms with Crippen LogP contribution in [0.2, 0.25) is 0 Å². The molecule has 0 saturated heterocycles. The van der Waals surface area contributed by atoms with E-state index in [0.717, 1.165) is 24.0 Å².